The monoisotopic (exact) mass is 376 g/mol. The third kappa shape index (κ3) is 3.68. The maximum atomic E-state index is 13.3. The SMILES string of the molecule is CC(Oc1cccc(F)c1)C(=O)Nc1cc(-n2ccc3ccccc32)ncn1. The lowest BCUT2D eigenvalue weighted by molar-refractivity contribution is -0.122. The number of fused-ring (bicyclic) bond motifs is 1. The lowest BCUT2D eigenvalue weighted by Crippen LogP contribution is -2.30. The molecule has 0 bridgehead atoms. The second-order valence-corrected chi connectivity index (χ2v) is 6.21. The lowest BCUT2D eigenvalue weighted by atomic mass is 10.2. The first-order chi connectivity index (χ1) is 13.6. The molecule has 0 saturated heterocycles. The van der Waals surface area contributed by atoms with Crippen LogP contribution in [0.2, 0.25) is 0 Å². The number of aromatic nitrogens is 3. The first-order valence-electron chi connectivity index (χ1n) is 8.72. The number of carbonyl (C=O) groups excluding carboxylic acids is 1. The van der Waals surface area contributed by atoms with Gasteiger partial charge in [-0.1, -0.05) is 24.3 Å². The third-order valence-electron chi connectivity index (χ3n) is 4.23. The van der Waals surface area contributed by atoms with Crippen molar-refractivity contribution in [2.24, 2.45) is 0 Å². The standard InChI is InChI=1S/C21H17FN4O2/c1-14(28-17-7-4-6-16(22)11-17)21(27)25-19-12-20(24-13-23-19)26-10-9-15-5-2-3-8-18(15)26/h2-14H,1H3,(H,23,24,25,27). The Labute approximate surface area is 160 Å². The van der Waals surface area contributed by atoms with E-state index >= 15 is 0 Å². The van der Waals surface area contributed by atoms with Crippen LogP contribution in [0.3, 0.4) is 0 Å². The summed E-state index contributed by atoms with van der Waals surface area (Å²) in [6, 6.07) is 17.2. The molecule has 1 amide bonds. The van der Waals surface area contributed by atoms with E-state index in [9.17, 15) is 9.18 Å². The van der Waals surface area contributed by atoms with Crippen LogP contribution < -0.4 is 10.1 Å². The number of anilines is 1. The fraction of sp³-hybridized carbons (Fsp3) is 0.0952. The number of carbonyl (C=O) groups is 1. The van der Waals surface area contributed by atoms with Crippen LogP contribution in [-0.2, 0) is 4.79 Å². The zero-order chi connectivity index (χ0) is 19.5. The maximum Gasteiger partial charge on any atom is 0.266 e. The van der Waals surface area contributed by atoms with E-state index in [2.05, 4.69) is 15.3 Å². The van der Waals surface area contributed by atoms with Gasteiger partial charge >= 0.3 is 0 Å². The number of nitrogens with one attached hydrogen (secondary N) is 1. The Bertz CT molecular complexity index is 1140. The topological polar surface area (TPSA) is 69.0 Å². The zero-order valence-corrected chi connectivity index (χ0v) is 15.0. The van der Waals surface area contributed by atoms with Gasteiger partial charge in [-0.25, -0.2) is 14.4 Å². The van der Waals surface area contributed by atoms with Gasteiger partial charge in [-0.05, 0) is 36.6 Å². The molecule has 0 aliphatic rings. The van der Waals surface area contributed by atoms with Crippen LogP contribution in [0.25, 0.3) is 16.7 Å². The highest BCUT2D eigenvalue weighted by molar-refractivity contribution is 5.93. The quantitative estimate of drug-likeness (QED) is 0.572. The highest BCUT2D eigenvalue weighted by Crippen LogP contribution is 2.20. The molecule has 6 nitrogen and oxygen atoms in total. The Morgan fingerprint density at radius 1 is 1.11 bits per heavy atom. The van der Waals surface area contributed by atoms with Gasteiger partial charge in [0, 0.05) is 18.3 Å². The molecule has 2 aromatic carbocycles. The summed E-state index contributed by atoms with van der Waals surface area (Å²) in [6.45, 7) is 1.59. The van der Waals surface area contributed by atoms with Gasteiger partial charge in [0.2, 0.25) is 0 Å². The lowest BCUT2D eigenvalue weighted by Gasteiger charge is -2.14. The molecule has 4 rings (SSSR count). The average molecular weight is 376 g/mol. The van der Waals surface area contributed by atoms with Crippen LogP contribution in [0, 0.1) is 5.82 Å². The molecule has 2 heterocycles. The van der Waals surface area contributed by atoms with E-state index in [4.69, 9.17) is 4.74 Å². The van der Waals surface area contributed by atoms with Crippen LogP contribution in [0.4, 0.5) is 10.2 Å². The van der Waals surface area contributed by atoms with Crippen LogP contribution in [0.1, 0.15) is 6.92 Å². The summed E-state index contributed by atoms with van der Waals surface area (Å²) in [7, 11) is 0. The molecule has 0 radical (unpaired) electrons. The summed E-state index contributed by atoms with van der Waals surface area (Å²) in [4.78, 5) is 20.8. The number of ether oxygens (including phenoxy) is 1. The zero-order valence-electron chi connectivity index (χ0n) is 15.0. The Hall–Kier alpha value is -3.74. The highest BCUT2D eigenvalue weighted by Gasteiger charge is 2.16. The van der Waals surface area contributed by atoms with Crippen molar-refractivity contribution in [1.82, 2.24) is 14.5 Å². The van der Waals surface area contributed by atoms with Crippen molar-refractivity contribution in [3.05, 3.63) is 79.0 Å². The highest BCUT2D eigenvalue weighted by atomic mass is 19.1. The minimum Gasteiger partial charge on any atom is -0.481 e. The predicted octanol–water partition coefficient (Wildman–Crippen LogP) is 3.97. The van der Waals surface area contributed by atoms with Gasteiger partial charge in [-0.15, -0.1) is 0 Å². The number of nitrogens with zero attached hydrogens (tertiary/aromatic N) is 3. The minimum absolute atomic E-state index is 0.282. The van der Waals surface area contributed by atoms with Crippen molar-refractivity contribution < 1.29 is 13.9 Å². The van der Waals surface area contributed by atoms with Gasteiger partial charge in [0.1, 0.15) is 29.5 Å². The predicted molar refractivity (Wildman–Crippen MR) is 104 cm³/mol. The largest absolute Gasteiger partial charge is 0.481 e. The number of para-hydroxylation sites is 1. The molecule has 0 aliphatic heterocycles. The third-order valence-corrected chi connectivity index (χ3v) is 4.23. The van der Waals surface area contributed by atoms with Crippen molar-refractivity contribution in [3.8, 4) is 11.6 Å². The molecule has 1 N–H and O–H groups in total. The molecule has 0 fully saturated rings. The molecule has 28 heavy (non-hydrogen) atoms. The van der Waals surface area contributed by atoms with Crippen molar-refractivity contribution >= 4 is 22.6 Å². The Morgan fingerprint density at radius 2 is 1.96 bits per heavy atom. The first kappa shape index (κ1) is 17.7. The van der Waals surface area contributed by atoms with E-state index in [1.165, 1.54) is 24.5 Å². The van der Waals surface area contributed by atoms with Gasteiger partial charge in [0.15, 0.2) is 6.10 Å². The maximum absolute atomic E-state index is 13.3. The molecular weight excluding hydrogens is 359 g/mol. The fourth-order valence-electron chi connectivity index (χ4n) is 2.86. The van der Waals surface area contributed by atoms with Crippen LogP contribution in [0.15, 0.2) is 73.2 Å². The molecule has 140 valence electrons. The molecule has 0 spiro atoms. The number of rotatable bonds is 5. The van der Waals surface area contributed by atoms with E-state index in [1.54, 1.807) is 19.1 Å². The summed E-state index contributed by atoms with van der Waals surface area (Å²) in [5.41, 5.74) is 1.00. The van der Waals surface area contributed by atoms with Gasteiger partial charge in [-0.2, -0.15) is 0 Å². The van der Waals surface area contributed by atoms with Crippen LogP contribution >= 0.6 is 0 Å². The summed E-state index contributed by atoms with van der Waals surface area (Å²) in [5, 5.41) is 3.79. The Balaban J connectivity index is 1.51. The second-order valence-electron chi connectivity index (χ2n) is 6.21. The summed E-state index contributed by atoms with van der Waals surface area (Å²) in [5.74, 6) is 0.438. The Kier molecular flexibility index (Phi) is 4.72. The van der Waals surface area contributed by atoms with Crippen molar-refractivity contribution in [1.29, 1.82) is 0 Å². The Morgan fingerprint density at radius 3 is 2.82 bits per heavy atom. The first-order valence-corrected chi connectivity index (χ1v) is 8.72. The van der Waals surface area contributed by atoms with Gasteiger partial charge in [-0.3, -0.25) is 4.79 Å². The number of hydrogen-bond acceptors (Lipinski definition) is 4. The van der Waals surface area contributed by atoms with Gasteiger partial charge in [0.05, 0.1) is 5.52 Å². The molecule has 0 saturated carbocycles. The minimum atomic E-state index is -0.826. The summed E-state index contributed by atoms with van der Waals surface area (Å²) in [6.07, 6.45) is 2.47. The molecule has 4 aromatic rings. The number of halogens is 1. The number of hydrogen-bond donors (Lipinski definition) is 1. The molecular formula is C21H17FN4O2. The molecule has 1 atom stereocenters. The average Bonchev–Trinajstić information content (AvgIpc) is 3.12. The van der Waals surface area contributed by atoms with E-state index in [-0.39, 0.29) is 5.75 Å². The summed E-state index contributed by atoms with van der Waals surface area (Å²) < 4.78 is 20.7. The summed E-state index contributed by atoms with van der Waals surface area (Å²) >= 11 is 0. The van der Waals surface area contributed by atoms with Gasteiger partial charge in [0.25, 0.3) is 5.91 Å². The van der Waals surface area contributed by atoms with Gasteiger partial charge < -0.3 is 14.6 Å². The smallest absolute Gasteiger partial charge is 0.266 e. The van der Waals surface area contributed by atoms with Crippen molar-refractivity contribution in [2.45, 2.75) is 13.0 Å². The molecule has 1 unspecified atom stereocenters. The normalized spacial score (nSPS) is 11.9. The van der Waals surface area contributed by atoms with E-state index in [0.29, 0.717) is 11.6 Å². The van der Waals surface area contributed by atoms with Crippen LogP contribution in [0.5, 0.6) is 5.75 Å². The molecule has 0 aliphatic carbocycles. The molecule has 2 aromatic heterocycles. The molecule has 7 heteroatoms. The number of amides is 1. The van der Waals surface area contributed by atoms with E-state index in [0.717, 1.165) is 10.9 Å². The van der Waals surface area contributed by atoms with Crippen LogP contribution in [-0.4, -0.2) is 26.5 Å². The second kappa shape index (κ2) is 7.48. The number of benzene rings is 2. The fourth-order valence-corrected chi connectivity index (χ4v) is 2.86. The van der Waals surface area contributed by atoms with Crippen molar-refractivity contribution in [2.75, 3.05) is 5.32 Å². The van der Waals surface area contributed by atoms with Crippen molar-refractivity contribution in [3.63, 3.8) is 0 Å². The van der Waals surface area contributed by atoms with E-state index in [1.807, 2.05) is 41.1 Å². The van der Waals surface area contributed by atoms with E-state index < -0.39 is 17.8 Å².